The molecule has 0 spiro atoms. The lowest BCUT2D eigenvalue weighted by Crippen LogP contribution is -2.29. The predicted molar refractivity (Wildman–Crippen MR) is 85.1 cm³/mol. The number of carbonyl (C=O) groups is 2. The minimum atomic E-state index is -1.36. The van der Waals surface area contributed by atoms with Crippen LogP contribution in [0.25, 0.3) is 0 Å². The van der Waals surface area contributed by atoms with Crippen LogP contribution < -0.4 is 15.3 Å². The Bertz CT molecular complexity index is 792. The number of para-hydroxylation sites is 1. The first-order chi connectivity index (χ1) is 11.5. The second-order valence-corrected chi connectivity index (χ2v) is 5.00. The lowest BCUT2D eigenvalue weighted by Gasteiger charge is -2.09. The molecule has 8 heteroatoms. The Morgan fingerprint density at radius 2 is 2.04 bits per heavy atom. The fourth-order valence-corrected chi connectivity index (χ4v) is 1.94. The first kappa shape index (κ1) is 17.3. The molecule has 1 amide bonds. The summed E-state index contributed by atoms with van der Waals surface area (Å²) in [6.07, 6.45) is 1.28. The Morgan fingerprint density at radius 3 is 2.79 bits per heavy atom. The topological polar surface area (TPSA) is 111 Å². The number of nitrogens with one attached hydrogen (secondary N) is 1. The second-order valence-electron chi connectivity index (χ2n) is 4.56. The minimum Gasteiger partial charge on any atom is -0.546 e. The highest BCUT2D eigenvalue weighted by atomic mass is 35.5. The molecule has 2 rings (SSSR count). The highest BCUT2D eigenvalue weighted by Gasteiger charge is 2.10. The molecule has 2 N–H and O–H groups in total. The van der Waals surface area contributed by atoms with Crippen LogP contribution in [0.2, 0.25) is 5.02 Å². The number of hydrazone groups is 1. The van der Waals surface area contributed by atoms with Crippen LogP contribution in [0.15, 0.2) is 47.6 Å². The summed E-state index contributed by atoms with van der Waals surface area (Å²) in [5.74, 6) is -1.97. The summed E-state index contributed by atoms with van der Waals surface area (Å²) in [4.78, 5) is 22.4. The number of rotatable bonds is 6. The molecule has 7 nitrogen and oxygen atoms in total. The highest BCUT2D eigenvalue weighted by Crippen LogP contribution is 2.21. The number of carboxylic acid groups (broad SMARTS) is 1. The maximum absolute atomic E-state index is 11.9. The van der Waals surface area contributed by atoms with Gasteiger partial charge in [0.05, 0.1) is 17.7 Å². The van der Waals surface area contributed by atoms with Crippen molar-refractivity contribution in [3.05, 3.63) is 58.6 Å². The molecule has 0 atom stereocenters. The number of hydrogen-bond donors (Lipinski definition) is 2. The second kappa shape index (κ2) is 7.98. The van der Waals surface area contributed by atoms with E-state index < -0.39 is 18.5 Å². The largest absolute Gasteiger partial charge is 0.546 e. The number of hydrogen-bond acceptors (Lipinski definition) is 6. The van der Waals surface area contributed by atoms with Gasteiger partial charge < -0.3 is 19.7 Å². The number of halogens is 1. The fourth-order valence-electron chi connectivity index (χ4n) is 1.77. The molecule has 2 aromatic carbocycles. The molecular weight excluding hydrogens is 336 g/mol. The Kier molecular flexibility index (Phi) is 5.75. The summed E-state index contributed by atoms with van der Waals surface area (Å²) in [7, 11) is 0. The molecule has 24 heavy (non-hydrogen) atoms. The summed E-state index contributed by atoms with van der Waals surface area (Å²) in [5, 5.41) is 24.1. The summed E-state index contributed by atoms with van der Waals surface area (Å²) < 4.78 is 5.05. The van der Waals surface area contributed by atoms with E-state index in [1.165, 1.54) is 24.4 Å². The maximum Gasteiger partial charge on any atom is 0.275 e. The molecule has 0 unspecified atom stereocenters. The van der Waals surface area contributed by atoms with Gasteiger partial charge in [-0.1, -0.05) is 23.7 Å². The number of phenolic OH excluding ortho intramolecular Hbond substituents is 1. The number of amides is 1. The SMILES string of the molecule is O=C([O-])COc1ccccc1/C=N\NC(=O)c1cc(Cl)ccc1O. The first-order valence-corrected chi connectivity index (χ1v) is 7.09. The molecule has 0 saturated heterocycles. The van der Waals surface area contributed by atoms with Gasteiger partial charge in [0.15, 0.2) is 0 Å². The van der Waals surface area contributed by atoms with Crippen molar-refractivity contribution in [2.24, 2.45) is 5.10 Å². The number of carboxylic acids is 1. The van der Waals surface area contributed by atoms with Crippen LogP contribution in [0, 0.1) is 0 Å². The van der Waals surface area contributed by atoms with E-state index in [9.17, 15) is 19.8 Å². The van der Waals surface area contributed by atoms with Gasteiger partial charge in [0.2, 0.25) is 0 Å². The predicted octanol–water partition coefficient (Wildman–Crippen LogP) is 0.938. The van der Waals surface area contributed by atoms with Crippen LogP contribution in [0.4, 0.5) is 0 Å². The molecule has 0 saturated carbocycles. The van der Waals surface area contributed by atoms with Gasteiger partial charge in [-0.2, -0.15) is 5.10 Å². The van der Waals surface area contributed by atoms with Crippen molar-refractivity contribution in [1.29, 1.82) is 0 Å². The van der Waals surface area contributed by atoms with Crippen molar-refractivity contribution in [3.63, 3.8) is 0 Å². The van der Waals surface area contributed by atoms with Crippen molar-refractivity contribution < 1.29 is 24.5 Å². The number of nitrogens with zero attached hydrogens (tertiary/aromatic N) is 1. The molecule has 124 valence electrons. The minimum absolute atomic E-state index is 0.0267. The third-order valence-electron chi connectivity index (χ3n) is 2.84. The lowest BCUT2D eigenvalue weighted by atomic mass is 10.2. The van der Waals surface area contributed by atoms with Crippen LogP contribution in [0.5, 0.6) is 11.5 Å². The lowest BCUT2D eigenvalue weighted by molar-refractivity contribution is -0.307. The van der Waals surface area contributed by atoms with E-state index in [0.29, 0.717) is 10.6 Å². The van der Waals surface area contributed by atoms with Gasteiger partial charge in [-0.15, -0.1) is 0 Å². The van der Waals surface area contributed by atoms with Gasteiger partial charge in [0, 0.05) is 10.6 Å². The van der Waals surface area contributed by atoms with E-state index in [4.69, 9.17) is 16.3 Å². The normalized spacial score (nSPS) is 10.5. The summed E-state index contributed by atoms with van der Waals surface area (Å²) >= 11 is 5.77. The van der Waals surface area contributed by atoms with E-state index in [2.05, 4.69) is 10.5 Å². The third kappa shape index (κ3) is 4.72. The highest BCUT2D eigenvalue weighted by molar-refractivity contribution is 6.31. The van der Waals surface area contributed by atoms with Gasteiger partial charge in [-0.3, -0.25) is 4.79 Å². The van der Waals surface area contributed by atoms with Crippen LogP contribution >= 0.6 is 11.6 Å². The quantitative estimate of drug-likeness (QED) is 0.596. The monoisotopic (exact) mass is 347 g/mol. The van der Waals surface area contributed by atoms with Crippen LogP contribution in [0.1, 0.15) is 15.9 Å². The molecule has 0 bridgehead atoms. The van der Waals surface area contributed by atoms with Gasteiger partial charge in [0.25, 0.3) is 5.91 Å². The molecule has 0 aromatic heterocycles. The van der Waals surface area contributed by atoms with Crippen molar-refractivity contribution >= 4 is 29.7 Å². The zero-order valence-electron chi connectivity index (χ0n) is 12.2. The average molecular weight is 348 g/mol. The van der Waals surface area contributed by atoms with Crippen LogP contribution in [-0.4, -0.2) is 29.8 Å². The number of ether oxygens (including phenoxy) is 1. The summed E-state index contributed by atoms with van der Waals surface area (Å²) in [6, 6.07) is 10.6. The maximum atomic E-state index is 11.9. The zero-order valence-corrected chi connectivity index (χ0v) is 13.0. The number of benzene rings is 2. The van der Waals surface area contributed by atoms with Gasteiger partial charge >= 0.3 is 0 Å². The standard InChI is InChI=1S/C16H13ClN2O5/c17-11-5-6-13(20)12(7-11)16(23)19-18-8-10-3-1-2-4-14(10)24-9-15(21)22/h1-8,20H,9H2,(H,19,23)(H,21,22)/p-1/b18-8-. The van der Waals surface area contributed by atoms with Gasteiger partial charge in [-0.05, 0) is 30.3 Å². The number of aromatic hydroxyl groups is 1. The van der Waals surface area contributed by atoms with Crippen molar-refractivity contribution in [2.75, 3.05) is 6.61 Å². The number of aliphatic carboxylic acids is 1. The molecule has 0 heterocycles. The Hall–Kier alpha value is -3.06. The van der Waals surface area contributed by atoms with Crippen molar-refractivity contribution in [1.82, 2.24) is 5.43 Å². The Labute approximate surface area is 142 Å². The van der Waals surface area contributed by atoms with E-state index in [-0.39, 0.29) is 17.1 Å². The Morgan fingerprint density at radius 1 is 1.29 bits per heavy atom. The zero-order chi connectivity index (χ0) is 17.5. The first-order valence-electron chi connectivity index (χ1n) is 6.71. The Balaban J connectivity index is 2.07. The molecule has 2 aromatic rings. The molecular formula is C16H12ClN2O5-. The van der Waals surface area contributed by atoms with Crippen molar-refractivity contribution in [3.8, 4) is 11.5 Å². The van der Waals surface area contributed by atoms with E-state index in [1.54, 1.807) is 24.3 Å². The molecule has 0 aliphatic carbocycles. The molecule has 0 fully saturated rings. The van der Waals surface area contributed by atoms with E-state index in [1.807, 2.05) is 0 Å². The van der Waals surface area contributed by atoms with Gasteiger partial charge in [-0.25, -0.2) is 5.43 Å². The van der Waals surface area contributed by atoms with Crippen LogP contribution in [-0.2, 0) is 4.79 Å². The molecule has 0 aliphatic rings. The van der Waals surface area contributed by atoms with Crippen LogP contribution in [0.3, 0.4) is 0 Å². The summed E-state index contributed by atoms with van der Waals surface area (Å²) in [5.41, 5.74) is 2.66. The van der Waals surface area contributed by atoms with E-state index >= 15 is 0 Å². The van der Waals surface area contributed by atoms with E-state index in [0.717, 1.165) is 0 Å². The summed E-state index contributed by atoms with van der Waals surface area (Å²) in [6.45, 7) is -0.604. The smallest absolute Gasteiger partial charge is 0.275 e. The number of phenols is 1. The fraction of sp³-hybridized carbons (Fsp3) is 0.0625. The van der Waals surface area contributed by atoms with Gasteiger partial charge in [0.1, 0.15) is 18.1 Å². The molecule has 0 radical (unpaired) electrons. The molecule has 0 aliphatic heterocycles. The van der Waals surface area contributed by atoms with Crippen molar-refractivity contribution in [2.45, 2.75) is 0 Å². The third-order valence-corrected chi connectivity index (χ3v) is 3.07. The average Bonchev–Trinajstić information content (AvgIpc) is 2.56. The number of carbonyl (C=O) groups excluding carboxylic acids is 2.